The predicted octanol–water partition coefficient (Wildman–Crippen LogP) is 3.25. The van der Waals surface area contributed by atoms with Crippen LogP contribution in [0.1, 0.15) is 43.0 Å². The van der Waals surface area contributed by atoms with E-state index in [0.717, 1.165) is 25.7 Å². The zero-order valence-electron chi connectivity index (χ0n) is 12.3. The normalized spacial score (nSPS) is 18.0. The van der Waals surface area contributed by atoms with Gasteiger partial charge in [0.15, 0.2) is 0 Å². The van der Waals surface area contributed by atoms with Gasteiger partial charge < -0.3 is 10.3 Å². The topological polar surface area (TPSA) is 44.9 Å². The van der Waals surface area contributed by atoms with E-state index < -0.39 is 0 Å². The summed E-state index contributed by atoms with van der Waals surface area (Å²) in [5.74, 6) is 0.188. The van der Waals surface area contributed by atoms with Crippen LogP contribution in [0.15, 0.2) is 18.2 Å². The Kier molecular flexibility index (Phi) is 3.51. The van der Waals surface area contributed by atoms with Gasteiger partial charge in [-0.15, -0.1) is 0 Å². The molecule has 2 N–H and O–H groups in total. The van der Waals surface area contributed by atoms with Crippen molar-refractivity contribution < 1.29 is 4.79 Å². The van der Waals surface area contributed by atoms with Crippen molar-refractivity contribution in [2.75, 3.05) is 0 Å². The molecule has 0 aliphatic heterocycles. The number of rotatable bonds is 3. The number of fused-ring (bicyclic) bond motifs is 3. The molecule has 1 heterocycles. The van der Waals surface area contributed by atoms with Gasteiger partial charge >= 0.3 is 0 Å². The molecule has 20 heavy (non-hydrogen) atoms. The first kappa shape index (κ1) is 13.2. The number of carbonyl (C=O) groups excluding carboxylic acids is 1. The van der Waals surface area contributed by atoms with Gasteiger partial charge in [0, 0.05) is 35.5 Å². The lowest BCUT2D eigenvalue weighted by atomic mass is 9.91. The lowest BCUT2D eigenvalue weighted by Crippen LogP contribution is -2.38. The smallest absolute Gasteiger partial charge is 0.220 e. The molecule has 1 aromatic carbocycles. The Morgan fingerprint density at radius 3 is 3.10 bits per heavy atom. The minimum Gasteiger partial charge on any atom is -0.358 e. The average molecular weight is 270 g/mol. The number of amides is 1. The molecule has 0 radical (unpaired) electrons. The van der Waals surface area contributed by atoms with Crippen LogP contribution < -0.4 is 5.32 Å². The fourth-order valence-corrected chi connectivity index (χ4v) is 3.19. The zero-order valence-corrected chi connectivity index (χ0v) is 12.3. The fraction of sp³-hybridized carbons (Fsp3) is 0.471. The second kappa shape index (κ2) is 5.31. The Balaban J connectivity index is 1.81. The van der Waals surface area contributed by atoms with Crippen LogP contribution in [0.4, 0.5) is 0 Å². The summed E-state index contributed by atoms with van der Waals surface area (Å²) in [6, 6.07) is 6.86. The van der Waals surface area contributed by atoms with Crippen molar-refractivity contribution in [3.63, 3.8) is 0 Å². The van der Waals surface area contributed by atoms with Gasteiger partial charge in [-0.25, -0.2) is 0 Å². The fourth-order valence-electron chi connectivity index (χ4n) is 3.19. The number of H-pyrrole nitrogens is 1. The summed E-state index contributed by atoms with van der Waals surface area (Å²) in [6.45, 7) is 4.17. The van der Waals surface area contributed by atoms with Gasteiger partial charge in [-0.2, -0.15) is 0 Å². The third kappa shape index (κ3) is 2.45. The van der Waals surface area contributed by atoms with E-state index in [4.69, 9.17) is 0 Å². The van der Waals surface area contributed by atoms with Crippen LogP contribution in [0, 0.1) is 6.92 Å². The number of aromatic nitrogens is 1. The van der Waals surface area contributed by atoms with Gasteiger partial charge in [0.25, 0.3) is 0 Å². The Hall–Kier alpha value is -1.77. The van der Waals surface area contributed by atoms with E-state index in [1.54, 1.807) is 0 Å². The van der Waals surface area contributed by atoms with Gasteiger partial charge in [-0.1, -0.05) is 18.6 Å². The number of hydrogen-bond donors (Lipinski definition) is 2. The van der Waals surface area contributed by atoms with Crippen LogP contribution in [0.25, 0.3) is 10.9 Å². The molecule has 3 heteroatoms. The highest BCUT2D eigenvalue weighted by molar-refractivity contribution is 5.85. The lowest BCUT2D eigenvalue weighted by Gasteiger charge is -2.23. The van der Waals surface area contributed by atoms with E-state index in [1.165, 1.54) is 27.7 Å². The van der Waals surface area contributed by atoms with Crippen molar-refractivity contribution in [2.24, 2.45) is 0 Å². The first-order valence-electron chi connectivity index (χ1n) is 7.57. The van der Waals surface area contributed by atoms with E-state index >= 15 is 0 Å². The molecule has 0 saturated heterocycles. The monoisotopic (exact) mass is 270 g/mol. The lowest BCUT2D eigenvalue weighted by molar-refractivity contribution is -0.121. The molecule has 0 saturated carbocycles. The molecular weight excluding hydrogens is 248 g/mol. The third-order valence-electron chi connectivity index (χ3n) is 4.19. The Morgan fingerprint density at radius 1 is 1.45 bits per heavy atom. The van der Waals surface area contributed by atoms with Crippen LogP contribution in [-0.2, 0) is 17.6 Å². The van der Waals surface area contributed by atoms with E-state index in [1.807, 2.05) is 6.92 Å². The molecule has 1 amide bonds. The van der Waals surface area contributed by atoms with Crippen LogP contribution in [0.2, 0.25) is 0 Å². The van der Waals surface area contributed by atoms with Crippen molar-refractivity contribution in [3.05, 3.63) is 35.0 Å². The molecule has 3 nitrogen and oxygen atoms in total. The average Bonchev–Trinajstić information content (AvgIpc) is 2.76. The van der Waals surface area contributed by atoms with Gasteiger partial charge in [0.05, 0.1) is 0 Å². The molecule has 1 atom stereocenters. The maximum atomic E-state index is 11.7. The summed E-state index contributed by atoms with van der Waals surface area (Å²) in [6.07, 6.45) is 4.57. The van der Waals surface area contributed by atoms with Gasteiger partial charge in [-0.05, 0) is 43.9 Å². The molecule has 0 spiro atoms. The molecule has 0 fully saturated rings. The quantitative estimate of drug-likeness (QED) is 0.883. The number of nitrogens with one attached hydrogen (secondary N) is 2. The standard InChI is InChI=1S/C17H22N2O/c1-3-4-17(20)18-12-6-7-13-14-9-11(2)5-8-15(14)19-16(13)10-12/h5,8-9,12,19H,3-4,6-7,10H2,1-2H3,(H,18,20). The summed E-state index contributed by atoms with van der Waals surface area (Å²) < 4.78 is 0. The first-order valence-corrected chi connectivity index (χ1v) is 7.57. The van der Waals surface area contributed by atoms with Crippen molar-refractivity contribution in [1.29, 1.82) is 0 Å². The number of aryl methyl sites for hydroxylation is 2. The van der Waals surface area contributed by atoms with Gasteiger partial charge in [0.1, 0.15) is 0 Å². The highest BCUT2D eigenvalue weighted by Gasteiger charge is 2.23. The van der Waals surface area contributed by atoms with E-state index in [-0.39, 0.29) is 11.9 Å². The Bertz CT molecular complexity index is 642. The predicted molar refractivity (Wildman–Crippen MR) is 81.9 cm³/mol. The first-order chi connectivity index (χ1) is 9.67. The Morgan fingerprint density at radius 2 is 2.30 bits per heavy atom. The van der Waals surface area contributed by atoms with Gasteiger partial charge in [-0.3, -0.25) is 4.79 Å². The summed E-state index contributed by atoms with van der Waals surface area (Å²) >= 11 is 0. The van der Waals surface area contributed by atoms with Crippen molar-refractivity contribution in [3.8, 4) is 0 Å². The van der Waals surface area contributed by atoms with Crippen LogP contribution in [0.3, 0.4) is 0 Å². The van der Waals surface area contributed by atoms with Crippen LogP contribution in [-0.4, -0.2) is 16.9 Å². The van der Waals surface area contributed by atoms with E-state index in [0.29, 0.717) is 6.42 Å². The molecule has 1 unspecified atom stereocenters. The van der Waals surface area contributed by atoms with Crippen LogP contribution in [0.5, 0.6) is 0 Å². The summed E-state index contributed by atoms with van der Waals surface area (Å²) in [7, 11) is 0. The number of aromatic amines is 1. The minimum absolute atomic E-state index is 0.188. The maximum absolute atomic E-state index is 11.7. The summed E-state index contributed by atoms with van der Waals surface area (Å²) in [5.41, 5.74) is 5.28. The number of benzene rings is 1. The molecule has 106 valence electrons. The molecule has 3 rings (SSSR count). The summed E-state index contributed by atoms with van der Waals surface area (Å²) in [5, 5.41) is 4.52. The van der Waals surface area contributed by atoms with Crippen LogP contribution >= 0.6 is 0 Å². The SMILES string of the molecule is CCCC(=O)NC1CCc2c([nH]c3ccc(C)cc23)C1. The van der Waals surface area contributed by atoms with E-state index in [9.17, 15) is 4.79 Å². The van der Waals surface area contributed by atoms with Gasteiger partial charge in [0.2, 0.25) is 5.91 Å². The second-order valence-electron chi connectivity index (χ2n) is 5.89. The molecule has 0 bridgehead atoms. The van der Waals surface area contributed by atoms with Crippen molar-refractivity contribution >= 4 is 16.8 Å². The minimum atomic E-state index is 0.188. The van der Waals surface area contributed by atoms with Crippen molar-refractivity contribution in [1.82, 2.24) is 10.3 Å². The molecule has 1 aliphatic rings. The zero-order chi connectivity index (χ0) is 14.1. The molecule has 2 aromatic rings. The summed E-state index contributed by atoms with van der Waals surface area (Å²) in [4.78, 5) is 15.2. The maximum Gasteiger partial charge on any atom is 0.220 e. The molecule has 1 aliphatic carbocycles. The number of carbonyl (C=O) groups is 1. The third-order valence-corrected chi connectivity index (χ3v) is 4.19. The van der Waals surface area contributed by atoms with Crippen molar-refractivity contribution in [2.45, 2.75) is 52.0 Å². The highest BCUT2D eigenvalue weighted by atomic mass is 16.1. The van der Waals surface area contributed by atoms with E-state index in [2.05, 4.69) is 35.4 Å². The second-order valence-corrected chi connectivity index (χ2v) is 5.89. The Labute approximate surface area is 119 Å². The number of hydrogen-bond acceptors (Lipinski definition) is 1. The molecular formula is C17H22N2O. The molecule has 1 aromatic heterocycles. The highest BCUT2D eigenvalue weighted by Crippen LogP contribution is 2.29. The largest absolute Gasteiger partial charge is 0.358 e.